The fourth-order valence-corrected chi connectivity index (χ4v) is 3.32. The van der Waals surface area contributed by atoms with E-state index in [0.717, 1.165) is 5.56 Å². The summed E-state index contributed by atoms with van der Waals surface area (Å²) in [5, 5.41) is 2.88. The molecule has 0 radical (unpaired) electrons. The van der Waals surface area contributed by atoms with Gasteiger partial charge in [-0.15, -0.1) is 0 Å². The molecule has 4 rings (SSSR count). The maximum absolute atomic E-state index is 13.0. The Hall–Kier alpha value is -3.87. The van der Waals surface area contributed by atoms with Crippen LogP contribution in [0.25, 0.3) is 0 Å². The topological polar surface area (TPSA) is 73.9 Å². The minimum absolute atomic E-state index is 0.167. The van der Waals surface area contributed by atoms with E-state index in [1.807, 2.05) is 25.1 Å². The van der Waals surface area contributed by atoms with Crippen molar-refractivity contribution in [2.45, 2.75) is 13.0 Å². The maximum atomic E-state index is 13.0. The van der Waals surface area contributed by atoms with Gasteiger partial charge >= 0.3 is 0 Å². The van der Waals surface area contributed by atoms with Crippen LogP contribution >= 0.6 is 0 Å². The van der Waals surface area contributed by atoms with Crippen LogP contribution in [-0.2, 0) is 4.79 Å². The van der Waals surface area contributed by atoms with Crippen molar-refractivity contribution in [1.29, 1.82) is 0 Å². The van der Waals surface area contributed by atoms with Gasteiger partial charge in [-0.2, -0.15) is 0 Å². The van der Waals surface area contributed by atoms with Gasteiger partial charge in [-0.3, -0.25) is 9.59 Å². The second-order valence-electron chi connectivity index (χ2n) is 7.34. The first kappa shape index (κ1) is 21.4. The number of amides is 1. The minimum Gasteiger partial charge on any atom is -0.486 e. The summed E-state index contributed by atoms with van der Waals surface area (Å²) in [7, 11) is 0. The lowest BCUT2D eigenvalue weighted by Gasteiger charge is -2.21. The van der Waals surface area contributed by atoms with E-state index in [4.69, 9.17) is 14.2 Å². The van der Waals surface area contributed by atoms with Crippen LogP contribution in [0.1, 0.15) is 34.5 Å². The largest absolute Gasteiger partial charge is 0.486 e. The predicted molar refractivity (Wildman–Crippen MR) is 116 cm³/mol. The average molecular weight is 435 g/mol. The summed E-state index contributed by atoms with van der Waals surface area (Å²) in [4.78, 5) is 24.7. The van der Waals surface area contributed by atoms with E-state index < -0.39 is 5.82 Å². The van der Waals surface area contributed by atoms with Crippen molar-refractivity contribution < 1.29 is 28.2 Å². The molecule has 32 heavy (non-hydrogen) atoms. The predicted octanol–water partition coefficient (Wildman–Crippen LogP) is 4.08. The Bertz CT molecular complexity index is 1110. The molecule has 1 N–H and O–H groups in total. The first-order chi connectivity index (χ1) is 15.5. The van der Waals surface area contributed by atoms with Crippen LogP contribution in [0, 0.1) is 5.82 Å². The molecule has 0 fully saturated rings. The Morgan fingerprint density at radius 3 is 2.25 bits per heavy atom. The van der Waals surface area contributed by atoms with Crippen molar-refractivity contribution in [1.82, 2.24) is 5.32 Å². The molecule has 3 aromatic rings. The summed E-state index contributed by atoms with van der Waals surface area (Å²) in [6.45, 7) is 2.73. The number of rotatable bonds is 7. The second kappa shape index (κ2) is 9.51. The van der Waals surface area contributed by atoms with Gasteiger partial charge in [0.05, 0.1) is 6.04 Å². The van der Waals surface area contributed by atoms with E-state index in [9.17, 15) is 14.0 Å². The Morgan fingerprint density at radius 1 is 0.938 bits per heavy atom. The Morgan fingerprint density at radius 2 is 1.56 bits per heavy atom. The molecule has 0 bridgehead atoms. The lowest BCUT2D eigenvalue weighted by Crippen LogP contribution is -2.31. The van der Waals surface area contributed by atoms with E-state index in [0.29, 0.717) is 41.6 Å². The lowest BCUT2D eigenvalue weighted by molar-refractivity contribution is -0.123. The van der Waals surface area contributed by atoms with Gasteiger partial charge in [0.1, 0.15) is 24.8 Å². The summed E-state index contributed by atoms with van der Waals surface area (Å²) in [5.74, 6) is 0.931. The molecule has 1 atom stereocenters. The Labute approximate surface area is 184 Å². The van der Waals surface area contributed by atoms with Crippen LogP contribution in [0.5, 0.6) is 17.2 Å². The van der Waals surface area contributed by atoms with Crippen molar-refractivity contribution in [3.63, 3.8) is 0 Å². The number of halogens is 1. The SMILES string of the molecule is C[C@@H](NC(=O)COc1ccc(C(=O)c2ccc(F)cc2)cc1)c1ccc2c(c1)OCCO2. The Balaban J connectivity index is 1.30. The van der Waals surface area contributed by atoms with Crippen molar-refractivity contribution in [2.24, 2.45) is 0 Å². The van der Waals surface area contributed by atoms with Crippen molar-refractivity contribution in [2.75, 3.05) is 19.8 Å². The number of carbonyl (C=O) groups excluding carboxylic acids is 2. The number of ether oxygens (including phenoxy) is 3. The number of hydrogen-bond donors (Lipinski definition) is 1. The number of benzene rings is 3. The highest BCUT2D eigenvalue weighted by Gasteiger charge is 2.16. The fourth-order valence-electron chi connectivity index (χ4n) is 3.32. The smallest absolute Gasteiger partial charge is 0.258 e. The van der Waals surface area contributed by atoms with Crippen LogP contribution in [0.15, 0.2) is 66.7 Å². The molecule has 0 aliphatic carbocycles. The molecular formula is C25H22FNO5. The number of hydrogen-bond acceptors (Lipinski definition) is 5. The van der Waals surface area contributed by atoms with Crippen LogP contribution in [0.2, 0.25) is 0 Å². The van der Waals surface area contributed by atoms with E-state index in [-0.39, 0.29) is 24.3 Å². The van der Waals surface area contributed by atoms with E-state index in [1.54, 1.807) is 24.3 Å². The fraction of sp³-hybridized carbons (Fsp3) is 0.200. The Kier molecular flexibility index (Phi) is 6.35. The molecule has 6 nitrogen and oxygen atoms in total. The van der Waals surface area contributed by atoms with Crippen molar-refractivity contribution >= 4 is 11.7 Å². The zero-order valence-electron chi connectivity index (χ0n) is 17.5. The molecule has 1 amide bonds. The van der Waals surface area contributed by atoms with Gasteiger partial charge in [-0.1, -0.05) is 6.07 Å². The van der Waals surface area contributed by atoms with Gasteiger partial charge in [-0.25, -0.2) is 4.39 Å². The molecule has 0 saturated carbocycles. The number of fused-ring (bicyclic) bond motifs is 1. The van der Waals surface area contributed by atoms with Gasteiger partial charge in [-0.05, 0) is 73.2 Å². The normalized spacial score (nSPS) is 13.2. The van der Waals surface area contributed by atoms with Gasteiger partial charge in [0.15, 0.2) is 23.9 Å². The van der Waals surface area contributed by atoms with Crippen LogP contribution in [0.4, 0.5) is 4.39 Å². The molecule has 1 heterocycles. The average Bonchev–Trinajstić information content (AvgIpc) is 2.83. The molecule has 0 saturated heterocycles. The monoisotopic (exact) mass is 435 g/mol. The number of nitrogens with one attached hydrogen (secondary N) is 1. The minimum atomic E-state index is -0.396. The summed E-state index contributed by atoms with van der Waals surface area (Å²) in [5.41, 5.74) is 1.74. The summed E-state index contributed by atoms with van der Waals surface area (Å²) in [6.07, 6.45) is 0. The second-order valence-corrected chi connectivity index (χ2v) is 7.34. The zero-order chi connectivity index (χ0) is 22.5. The summed E-state index contributed by atoms with van der Waals surface area (Å²) < 4.78 is 29.7. The third-order valence-corrected chi connectivity index (χ3v) is 5.04. The molecule has 0 aromatic heterocycles. The van der Waals surface area contributed by atoms with E-state index >= 15 is 0 Å². The van der Waals surface area contributed by atoms with E-state index in [2.05, 4.69) is 5.32 Å². The first-order valence-corrected chi connectivity index (χ1v) is 10.2. The highest BCUT2D eigenvalue weighted by atomic mass is 19.1. The maximum Gasteiger partial charge on any atom is 0.258 e. The van der Waals surface area contributed by atoms with Crippen LogP contribution < -0.4 is 19.5 Å². The first-order valence-electron chi connectivity index (χ1n) is 10.2. The molecule has 7 heteroatoms. The molecule has 0 unspecified atom stereocenters. The third-order valence-electron chi connectivity index (χ3n) is 5.04. The zero-order valence-corrected chi connectivity index (χ0v) is 17.5. The third kappa shape index (κ3) is 5.06. The van der Waals surface area contributed by atoms with Crippen molar-refractivity contribution in [3.05, 3.63) is 89.2 Å². The van der Waals surface area contributed by atoms with E-state index in [1.165, 1.54) is 24.3 Å². The molecule has 3 aromatic carbocycles. The van der Waals surface area contributed by atoms with Gasteiger partial charge in [0.2, 0.25) is 0 Å². The molecule has 1 aliphatic rings. The summed E-state index contributed by atoms with van der Waals surface area (Å²) >= 11 is 0. The highest BCUT2D eigenvalue weighted by Crippen LogP contribution is 2.32. The van der Waals surface area contributed by atoms with Crippen molar-refractivity contribution in [3.8, 4) is 17.2 Å². The van der Waals surface area contributed by atoms with Gasteiger partial charge < -0.3 is 19.5 Å². The van der Waals surface area contributed by atoms with Gasteiger partial charge in [0, 0.05) is 11.1 Å². The molecular weight excluding hydrogens is 413 g/mol. The molecule has 0 spiro atoms. The molecule has 164 valence electrons. The number of carbonyl (C=O) groups is 2. The van der Waals surface area contributed by atoms with Crippen LogP contribution in [0.3, 0.4) is 0 Å². The quantitative estimate of drug-likeness (QED) is 0.566. The highest BCUT2D eigenvalue weighted by molar-refractivity contribution is 6.09. The van der Waals surface area contributed by atoms with Gasteiger partial charge in [0.25, 0.3) is 5.91 Å². The molecule has 1 aliphatic heterocycles. The summed E-state index contributed by atoms with van der Waals surface area (Å²) in [6, 6.07) is 17.2. The lowest BCUT2D eigenvalue weighted by atomic mass is 10.0. The van der Waals surface area contributed by atoms with Crippen LogP contribution in [-0.4, -0.2) is 31.5 Å². The number of ketones is 1. The standard InChI is InChI=1S/C25H22FNO5/c1-16(19-6-11-22-23(14-19)31-13-12-30-22)27-24(28)15-32-21-9-4-18(5-10-21)25(29)17-2-7-20(26)8-3-17/h2-11,14,16H,12-13,15H2,1H3,(H,27,28)/t16-/m1/s1.